The first kappa shape index (κ1) is 7.15. The van der Waals surface area contributed by atoms with Crippen LogP contribution in [0.1, 0.15) is 13.8 Å². The molecule has 0 fully saturated rings. The zero-order chi connectivity index (χ0) is 6.41. The van der Waals surface area contributed by atoms with Crippen LogP contribution < -0.4 is 0 Å². The highest BCUT2D eigenvalue weighted by molar-refractivity contribution is 5.65. The molecule has 0 aliphatic rings. The maximum Gasteiger partial charge on any atom is 0.142 e. The average Bonchev–Trinajstić information content (AvgIpc) is 1.66. The molecule has 0 saturated heterocycles. The number of carbonyl (C=O) groups excluding carboxylic acids is 1. The van der Waals surface area contributed by atoms with Gasteiger partial charge in [-0.25, -0.2) is 0 Å². The second kappa shape index (κ2) is 4.31. The number of aldehydes is 1. The minimum absolute atomic E-state index is 0.763. The van der Waals surface area contributed by atoms with Gasteiger partial charge in [-0.15, -0.1) is 0 Å². The van der Waals surface area contributed by atoms with E-state index in [0.29, 0.717) is 0 Å². The van der Waals surface area contributed by atoms with Crippen LogP contribution in [0.15, 0.2) is 23.8 Å². The molecule has 0 aliphatic carbocycles. The summed E-state index contributed by atoms with van der Waals surface area (Å²) in [4.78, 5) is 9.67. The minimum atomic E-state index is 0.763. The molecule has 1 heteroatoms. The lowest BCUT2D eigenvalue weighted by Gasteiger charge is -1.77. The topological polar surface area (TPSA) is 17.1 Å². The van der Waals surface area contributed by atoms with Gasteiger partial charge in [0.2, 0.25) is 0 Å². The molecular weight excluding hydrogens is 100 g/mol. The van der Waals surface area contributed by atoms with E-state index in [1.807, 2.05) is 19.9 Å². The summed E-state index contributed by atoms with van der Waals surface area (Å²) in [6.07, 6.45) is 5.84. The van der Waals surface area contributed by atoms with Crippen molar-refractivity contribution in [2.24, 2.45) is 0 Å². The highest BCUT2D eigenvalue weighted by Crippen LogP contribution is 1.86. The van der Waals surface area contributed by atoms with Gasteiger partial charge in [0, 0.05) is 0 Å². The Kier molecular flexibility index (Phi) is 3.85. The van der Waals surface area contributed by atoms with E-state index in [9.17, 15) is 4.79 Å². The molecule has 0 heterocycles. The highest BCUT2D eigenvalue weighted by atomic mass is 16.1. The summed E-state index contributed by atoms with van der Waals surface area (Å²) < 4.78 is 0. The Hall–Kier alpha value is -0.850. The van der Waals surface area contributed by atoms with E-state index >= 15 is 0 Å². The van der Waals surface area contributed by atoms with E-state index in [-0.39, 0.29) is 0 Å². The molecule has 0 bridgehead atoms. The standard InChI is InChI=1S/C7H10O/c1-7(2)5-3-4-6-8/h3-6H,1-2H3/b4-3-. The number of hydrogen-bond donors (Lipinski definition) is 0. The van der Waals surface area contributed by atoms with Crippen LogP contribution in [0.5, 0.6) is 0 Å². The zero-order valence-electron chi connectivity index (χ0n) is 5.22. The summed E-state index contributed by atoms with van der Waals surface area (Å²) >= 11 is 0. The van der Waals surface area contributed by atoms with Crippen molar-refractivity contribution < 1.29 is 4.79 Å². The average molecular weight is 110 g/mol. The molecule has 0 aliphatic heterocycles. The van der Waals surface area contributed by atoms with Crippen molar-refractivity contribution in [3.8, 4) is 0 Å². The summed E-state index contributed by atoms with van der Waals surface area (Å²) in [6.45, 7) is 3.96. The Morgan fingerprint density at radius 1 is 1.25 bits per heavy atom. The number of hydrogen-bond acceptors (Lipinski definition) is 1. The molecule has 0 amide bonds. The van der Waals surface area contributed by atoms with Crippen LogP contribution >= 0.6 is 0 Å². The summed E-state index contributed by atoms with van der Waals surface area (Å²) in [5, 5.41) is 0. The van der Waals surface area contributed by atoms with Gasteiger partial charge in [-0.3, -0.25) is 4.79 Å². The van der Waals surface area contributed by atoms with Gasteiger partial charge in [0.1, 0.15) is 6.29 Å². The highest BCUT2D eigenvalue weighted by Gasteiger charge is 1.67. The Morgan fingerprint density at radius 3 is 2.25 bits per heavy atom. The van der Waals surface area contributed by atoms with E-state index in [2.05, 4.69) is 0 Å². The van der Waals surface area contributed by atoms with Gasteiger partial charge in [-0.05, 0) is 19.9 Å². The molecule has 0 radical (unpaired) electrons. The maximum absolute atomic E-state index is 9.67. The fourth-order valence-corrected chi connectivity index (χ4v) is 0.293. The van der Waals surface area contributed by atoms with Crippen molar-refractivity contribution in [2.75, 3.05) is 0 Å². The molecule has 0 unspecified atom stereocenters. The minimum Gasteiger partial charge on any atom is -0.299 e. The van der Waals surface area contributed by atoms with E-state index < -0.39 is 0 Å². The SMILES string of the molecule is CC(C)=C/C=C\C=O. The van der Waals surface area contributed by atoms with Gasteiger partial charge in [-0.1, -0.05) is 17.7 Å². The monoisotopic (exact) mass is 110 g/mol. The van der Waals surface area contributed by atoms with Crippen LogP contribution in [-0.4, -0.2) is 6.29 Å². The summed E-state index contributed by atoms with van der Waals surface area (Å²) in [5.74, 6) is 0. The largest absolute Gasteiger partial charge is 0.299 e. The summed E-state index contributed by atoms with van der Waals surface area (Å²) in [6, 6.07) is 0. The normalized spacial score (nSPS) is 9.25. The number of allylic oxidation sites excluding steroid dienone is 4. The molecule has 0 aromatic carbocycles. The molecule has 0 N–H and O–H groups in total. The van der Waals surface area contributed by atoms with Gasteiger partial charge >= 0.3 is 0 Å². The van der Waals surface area contributed by atoms with Gasteiger partial charge in [0.25, 0.3) is 0 Å². The van der Waals surface area contributed by atoms with Crippen LogP contribution in [0.3, 0.4) is 0 Å². The molecule has 44 valence electrons. The predicted molar refractivity (Wildman–Crippen MR) is 34.6 cm³/mol. The lowest BCUT2D eigenvalue weighted by Crippen LogP contribution is -1.60. The fraction of sp³-hybridized carbons (Fsp3) is 0.286. The van der Waals surface area contributed by atoms with Crippen molar-refractivity contribution in [3.05, 3.63) is 23.8 Å². The Balaban J connectivity index is 3.57. The third kappa shape index (κ3) is 5.15. The van der Waals surface area contributed by atoms with E-state index in [4.69, 9.17) is 0 Å². The molecule has 0 rings (SSSR count). The molecule has 1 nitrogen and oxygen atoms in total. The Bertz CT molecular complexity index is 116. The Morgan fingerprint density at radius 2 is 1.88 bits per heavy atom. The quantitative estimate of drug-likeness (QED) is 0.300. The summed E-state index contributed by atoms with van der Waals surface area (Å²) in [7, 11) is 0. The lowest BCUT2D eigenvalue weighted by molar-refractivity contribution is -0.104. The summed E-state index contributed by atoms with van der Waals surface area (Å²) in [5.41, 5.74) is 1.20. The van der Waals surface area contributed by atoms with Gasteiger partial charge in [0.15, 0.2) is 0 Å². The van der Waals surface area contributed by atoms with Crippen molar-refractivity contribution in [3.63, 3.8) is 0 Å². The van der Waals surface area contributed by atoms with Crippen LogP contribution in [0, 0.1) is 0 Å². The molecule has 0 saturated carbocycles. The maximum atomic E-state index is 9.67. The Labute approximate surface area is 49.7 Å². The van der Waals surface area contributed by atoms with Crippen molar-refractivity contribution in [1.82, 2.24) is 0 Å². The van der Waals surface area contributed by atoms with Gasteiger partial charge < -0.3 is 0 Å². The first-order chi connectivity index (χ1) is 3.77. The second-order valence-electron chi connectivity index (χ2n) is 1.76. The third-order valence-corrected chi connectivity index (χ3v) is 0.619. The fourth-order valence-electron chi connectivity index (χ4n) is 0.293. The third-order valence-electron chi connectivity index (χ3n) is 0.619. The van der Waals surface area contributed by atoms with Crippen LogP contribution in [0.2, 0.25) is 0 Å². The van der Waals surface area contributed by atoms with Gasteiger partial charge in [0.05, 0.1) is 0 Å². The molecule has 8 heavy (non-hydrogen) atoms. The predicted octanol–water partition coefficient (Wildman–Crippen LogP) is 1.71. The van der Waals surface area contributed by atoms with Gasteiger partial charge in [-0.2, -0.15) is 0 Å². The lowest BCUT2D eigenvalue weighted by atomic mass is 10.3. The van der Waals surface area contributed by atoms with Crippen LogP contribution in [0.25, 0.3) is 0 Å². The molecule has 0 aromatic heterocycles. The smallest absolute Gasteiger partial charge is 0.142 e. The van der Waals surface area contributed by atoms with E-state index in [1.54, 1.807) is 6.08 Å². The molecule has 0 spiro atoms. The molecule has 0 atom stereocenters. The van der Waals surface area contributed by atoms with Crippen LogP contribution in [0.4, 0.5) is 0 Å². The first-order valence-electron chi connectivity index (χ1n) is 2.52. The first-order valence-corrected chi connectivity index (χ1v) is 2.52. The van der Waals surface area contributed by atoms with Crippen molar-refractivity contribution >= 4 is 6.29 Å². The zero-order valence-corrected chi connectivity index (χ0v) is 5.22. The number of carbonyl (C=O) groups is 1. The number of rotatable bonds is 2. The molecule has 0 aromatic rings. The van der Waals surface area contributed by atoms with Crippen molar-refractivity contribution in [2.45, 2.75) is 13.8 Å². The van der Waals surface area contributed by atoms with E-state index in [0.717, 1.165) is 6.29 Å². The molecular formula is C7H10O. The van der Waals surface area contributed by atoms with E-state index in [1.165, 1.54) is 11.6 Å². The van der Waals surface area contributed by atoms with Crippen LogP contribution in [-0.2, 0) is 4.79 Å². The van der Waals surface area contributed by atoms with Crippen molar-refractivity contribution in [1.29, 1.82) is 0 Å². The second-order valence-corrected chi connectivity index (χ2v) is 1.76.